The second-order valence-corrected chi connectivity index (χ2v) is 4.26. The van der Waals surface area contributed by atoms with E-state index in [1.807, 2.05) is 0 Å². The van der Waals surface area contributed by atoms with Gasteiger partial charge in [0.05, 0.1) is 6.20 Å². The molecular weight excluding hydrogens is 222 g/mol. The molecule has 2 N–H and O–H groups in total. The van der Waals surface area contributed by atoms with Crippen LogP contribution >= 0.6 is 0 Å². The minimum absolute atomic E-state index is 0.000671. The monoisotopic (exact) mass is 237 g/mol. The van der Waals surface area contributed by atoms with Gasteiger partial charge in [-0.05, 0) is 19.8 Å². The Hall–Kier alpha value is -1.85. The number of rotatable bonds is 5. The number of aromatic carboxylic acids is 1. The second kappa shape index (κ2) is 4.57. The van der Waals surface area contributed by atoms with Gasteiger partial charge >= 0.3 is 5.97 Å². The lowest BCUT2D eigenvalue weighted by atomic mass is 10.2. The van der Waals surface area contributed by atoms with Crippen LogP contribution in [0.3, 0.4) is 0 Å². The van der Waals surface area contributed by atoms with Gasteiger partial charge in [0.1, 0.15) is 5.56 Å². The van der Waals surface area contributed by atoms with E-state index < -0.39 is 5.97 Å². The SMILES string of the molecule is Cc1c(C(=O)O)cnn1CCC(=O)NC1CC1. The summed E-state index contributed by atoms with van der Waals surface area (Å²) in [5, 5.41) is 15.7. The Labute approximate surface area is 98.6 Å². The molecule has 0 saturated heterocycles. The van der Waals surface area contributed by atoms with Gasteiger partial charge in [0.15, 0.2) is 0 Å². The van der Waals surface area contributed by atoms with Crippen molar-refractivity contribution >= 4 is 11.9 Å². The average molecular weight is 237 g/mol. The van der Waals surface area contributed by atoms with Gasteiger partial charge in [-0.2, -0.15) is 5.10 Å². The standard InChI is InChI=1S/C11H15N3O3/c1-7-9(11(16)17)6-12-14(7)5-4-10(15)13-8-2-3-8/h6,8H,2-5H2,1H3,(H,13,15)(H,16,17). The molecule has 0 spiro atoms. The van der Waals surface area contributed by atoms with E-state index in [1.165, 1.54) is 6.20 Å². The minimum atomic E-state index is -0.990. The van der Waals surface area contributed by atoms with Crippen LogP contribution in [0.15, 0.2) is 6.20 Å². The third kappa shape index (κ3) is 2.83. The maximum absolute atomic E-state index is 11.5. The Bertz CT molecular complexity index is 449. The van der Waals surface area contributed by atoms with Gasteiger partial charge in [-0.25, -0.2) is 4.79 Å². The third-order valence-corrected chi connectivity index (χ3v) is 2.83. The first-order valence-corrected chi connectivity index (χ1v) is 5.63. The fraction of sp³-hybridized carbons (Fsp3) is 0.545. The van der Waals surface area contributed by atoms with Crippen molar-refractivity contribution in [3.05, 3.63) is 17.5 Å². The molecule has 92 valence electrons. The molecule has 0 aromatic carbocycles. The van der Waals surface area contributed by atoms with E-state index in [1.54, 1.807) is 11.6 Å². The summed E-state index contributed by atoms with van der Waals surface area (Å²) in [7, 11) is 0. The van der Waals surface area contributed by atoms with Crippen LogP contribution < -0.4 is 5.32 Å². The molecule has 1 aromatic rings. The van der Waals surface area contributed by atoms with Gasteiger partial charge in [-0.3, -0.25) is 9.48 Å². The summed E-state index contributed by atoms with van der Waals surface area (Å²) in [5.74, 6) is -0.990. The Morgan fingerprint density at radius 3 is 2.82 bits per heavy atom. The lowest BCUT2D eigenvalue weighted by Gasteiger charge is -2.05. The van der Waals surface area contributed by atoms with Crippen LogP contribution in [-0.2, 0) is 11.3 Å². The molecule has 6 nitrogen and oxygen atoms in total. The zero-order valence-corrected chi connectivity index (χ0v) is 9.64. The summed E-state index contributed by atoms with van der Waals surface area (Å²) in [5.41, 5.74) is 0.768. The number of hydrogen-bond donors (Lipinski definition) is 2. The quantitative estimate of drug-likeness (QED) is 0.783. The highest BCUT2D eigenvalue weighted by atomic mass is 16.4. The molecule has 0 aliphatic heterocycles. The highest BCUT2D eigenvalue weighted by Crippen LogP contribution is 2.18. The molecule has 1 aromatic heterocycles. The molecule has 1 aliphatic carbocycles. The summed E-state index contributed by atoms with van der Waals surface area (Å²) in [6.07, 6.45) is 3.78. The maximum Gasteiger partial charge on any atom is 0.339 e. The second-order valence-electron chi connectivity index (χ2n) is 4.26. The van der Waals surface area contributed by atoms with Crippen molar-refractivity contribution in [3.63, 3.8) is 0 Å². The summed E-state index contributed by atoms with van der Waals surface area (Å²) in [6, 6.07) is 0.357. The van der Waals surface area contributed by atoms with Crippen LogP contribution in [0.25, 0.3) is 0 Å². The summed E-state index contributed by atoms with van der Waals surface area (Å²) < 4.78 is 1.55. The fourth-order valence-electron chi connectivity index (χ4n) is 1.62. The van der Waals surface area contributed by atoms with Crippen molar-refractivity contribution in [1.82, 2.24) is 15.1 Å². The van der Waals surface area contributed by atoms with Crippen molar-refractivity contribution in [1.29, 1.82) is 0 Å². The van der Waals surface area contributed by atoms with E-state index in [0.717, 1.165) is 12.8 Å². The fourth-order valence-corrected chi connectivity index (χ4v) is 1.62. The Morgan fingerprint density at radius 2 is 2.29 bits per heavy atom. The van der Waals surface area contributed by atoms with Gasteiger partial charge in [-0.1, -0.05) is 0 Å². The molecule has 2 rings (SSSR count). The van der Waals surface area contributed by atoms with Gasteiger partial charge in [0.25, 0.3) is 0 Å². The first kappa shape index (κ1) is 11.6. The number of carboxylic acids is 1. The van der Waals surface area contributed by atoms with Crippen LogP contribution in [0, 0.1) is 6.92 Å². The summed E-state index contributed by atoms with van der Waals surface area (Å²) in [4.78, 5) is 22.2. The lowest BCUT2D eigenvalue weighted by molar-refractivity contribution is -0.121. The van der Waals surface area contributed by atoms with Crippen molar-refractivity contribution in [2.45, 2.75) is 38.8 Å². The van der Waals surface area contributed by atoms with Gasteiger partial charge in [-0.15, -0.1) is 0 Å². The third-order valence-electron chi connectivity index (χ3n) is 2.83. The number of carbonyl (C=O) groups is 2. The number of amides is 1. The molecular formula is C11H15N3O3. The number of carboxylic acid groups (broad SMARTS) is 1. The molecule has 1 fully saturated rings. The summed E-state index contributed by atoms with van der Waals surface area (Å²) in [6.45, 7) is 2.10. The van der Waals surface area contributed by atoms with Crippen molar-refractivity contribution in [3.8, 4) is 0 Å². The number of hydrogen-bond acceptors (Lipinski definition) is 3. The normalized spacial score (nSPS) is 14.6. The number of aryl methyl sites for hydroxylation is 1. The zero-order chi connectivity index (χ0) is 12.4. The Balaban J connectivity index is 1.89. The van der Waals surface area contributed by atoms with E-state index in [4.69, 9.17) is 5.11 Å². The van der Waals surface area contributed by atoms with Gasteiger partial charge < -0.3 is 10.4 Å². The molecule has 0 bridgehead atoms. The number of aromatic nitrogens is 2. The predicted octanol–water partition coefficient (Wildman–Crippen LogP) is 0.558. The maximum atomic E-state index is 11.5. The van der Waals surface area contributed by atoms with E-state index in [2.05, 4.69) is 10.4 Å². The van der Waals surface area contributed by atoms with E-state index in [-0.39, 0.29) is 11.5 Å². The average Bonchev–Trinajstić information content (AvgIpc) is 2.98. The van der Waals surface area contributed by atoms with Crippen LogP contribution in [0.5, 0.6) is 0 Å². The van der Waals surface area contributed by atoms with Crippen molar-refractivity contribution in [2.24, 2.45) is 0 Å². The van der Waals surface area contributed by atoms with Gasteiger partial charge in [0, 0.05) is 24.7 Å². The number of nitrogens with one attached hydrogen (secondary N) is 1. The van der Waals surface area contributed by atoms with Crippen LogP contribution in [0.4, 0.5) is 0 Å². The first-order valence-electron chi connectivity index (χ1n) is 5.63. The molecule has 1 amide bonds. The van der Waals surface area contributed by atoms with Crippen LogP contribution in [0.2, 0.25) is 0 Å². The van der Waals surface area contributed by atoms with Crippen LogP contribution in [0.1, 0.15) is 35.3 Å². The molecule has 0 atom stereocenters. The number of nitrogens with zero attached hydrogens (tertiary/aromatic N) is 2. The van der Waals surface area contributed by atoms with Crippen molar-refractivity contribution in [2.75, 3.05) is 0 Å². The lowest BCUT2D eigenvalue weighted by Crippen LogP contribution is -2.26. The molecule has 1 saturated carbocycles. The van der Waals surface area contributed by atoms with E-state index in [0.29, 0.717) is 24.7 Å². The van der Waals surface area contributed by atoms with E-state index in [9.17, 15) is 9.59 Å². The predicted molar refractivity (Wildman–Crippen MR) is 59.7 cm³/mol. The Kier molecular flexibility index (Phi) is 3.12. The first-order chi connectivity index (χ1) is 8.08. The highest BCUT2D eigenvalue weighted by molar-refractivity contribution is 5.88. The van der Waals surface area contributed by atoms with Crippen molar-refractivity contribution < 1.29 is 14.7 Å². The molecule has 17 heavy (non-hydrogen) atoms. The zero-order valence-electron chi connectivity index (χ0n) is 9.64. The Morgan fingerprint density at radius 1 is 1.59 bits per heavy atom. The van der Waals surface area contributed by atoms with Gasteiger partial charge in [0.2, 0.25) is 5.91 Å². The molecule has 0 radical (unpaired) electrons. The van der Waals surface area contributed by atoms with Crippen LogP contribution in [-0.4, -0.2) is 32.8 Å². The molecule has 1 heterocycles. The van der Waals surface area contributed by atoms with E-state index >= 15 is 0 Å². The highest BCUT2D eigenvalue weighted by Gasteiger charge is 2.23. The molecule has 0 unspecified atom stereocenters. The molecule has 6 heteroatoms. The minimum Gasteiger partial charge on any atom is -0.478 e. The summed E-state index contributed by atoms with van der Waals surface area (Å²) >= 11 is 0. The number of carbonyl (C=O) groups excluding carboxylic acids is 1. The smallest absolute Gasteiger partial charge is 0.339 e. The topological polar surface area (TPSA) is 84.2 Å². The molecule has 1 aliphatic rings. The largest absolute Gasteiger partial charge is 0.478 e.